The van der Waals surface area contributed by atoms with Gasteiger partial charge in [0.2, 0.25) is 0 Å². The second-order valence-electron chi connectivity index (χ2n) is 4.02. The van der Waals surface area contributed by atoms with Crippen LogP contribution in [0.3, 0.4) is 0 Å². The molecule has 0 unspecified atom stereocenters. The Kier molecular flexibility index (Phi) is 4.80. The summed E-state index contributed by atoms with van der Waals surface area (Å²) in [5.74, 6) is 0.346. The molecule has 2 nitrogen and oxygen atoms in total. The Bertz CT molecular complexity index is 343. The van der Waals surface area contributed by atoms with Gasteiger partial charge in [0.1, 0.15) is 0 Å². The monoisotopic (exact) mass is 216 g/mol. The Morgan fingerprint density at radius 3 is 2.56 bits per heavy atom. The molecular formula is C14H20N2. The number of nitrogens with zero attached hydrogens (tertiary/aromatic N) is 1. The van der Waals surface area contributed by atoms with Crippen molar-refractivity contribution in [3.63, 3.8) is 0 Å². The zero-order chi connectivity index (χ0) is 12.0. The van der Waals surface area contributed by atoms with Crippen LogP contribution in [0.5, 0.6) is 0 Å². The minimum atomic E-state index is 0.346. The topological polar surface area (TPSA) is 15.3 Å². The van der Waals surface area contributed by atoms with E-state index >= 15 is 0 Å². The molecule has 0 aliphatic heterocycles. The van der Waals surface area contributed by atoms with E-state index in [4.69, 9.17) is 0 Å². The fourth-order valence-electron chi connectivity index (χ4n) is 1.71. The number of benzene rings is 1. The first-order valence-corrected chi connectivity index (χ1v) is 5.43. The van der Waals surface area contributed by atoms with Crippen LogP contribution in [0, 0.1) is 0 Å². The number of likely N-dealkylation sites (N-methyl/N-ethyl adjacent to an activating group) is 1. The summed E-state index contributed by atoms with van der Waals surface area (Å²) in [6.07, 6.45) is 1.68. The molecule has 16 heavy (non-hydrogen) atoms. The summed E-state index contributed by atoms with van der Waals surface area (Å²) >= 11 is 0. The summed E-state index contributed by atoms with van der Waals surface area (Å²) in [7, 11) is 2.00. The molecule has 0 amide bonds. The number of hydrogen-bond donors (Lipinski definition) is 1. The lowest BCUT2D eigenvalue weighted by molar-refractivity contribution is 0.267. The van der Waals surface area contributed by atoms with Gasteiger partial charge in [-0.05, 0) is 12.5 Å². The fraction of sp³-hybridized carbons (Fsp3) is 0.286. The molecule has 86 valence electrons. The summed E-state index contributed by atoms with van der Waals surface area (Å²) in [5, 5.41) is 2.01. The third-order valence-electron chi connectivity index (χ3n) is 2.56. The van der Waals surface area contributed by atoms with E-state index in [2.05, 4.69) is 49.8 Å². The van der Waals surface area contributed by atoms with Gasteiger partial charge in [0.05, 0.1) is 0 Å². The molecule has 0 aromatic heterocycles. The molecule has 0 bridgehead atoms. The average molecular weight is 216 g/mol. The summed E-state index contributed by atoms with van der Waals surface area (Å²) in [6.45, 7) is 10.7. The average Bonchev–Trinajstić information content (AvgIpc) is 2.27. The van der Waals surface area contributed by atoms with Gasteiger partial charge in [-0.15, -0.1) is 0 Å². The molecule has 0 saturated heterocycles. The third-order valence-corrected chi connectivity index (χ3v) is 2.56. The normalized spacial score (nSPS) is 12.2. The van der Waals surface area contributed by atoms with Gasteiger partial charge in [0.15, 0.2) is 0 Å². The minimum Gasteiger partial charge on any atom is -0.327 e. The van der Waals surface area contributed by atoms with Crippen molar-refractivity contribution in [1.82, 2.24) is 10.4 Å². The van der Waals surface area contributed by atoms with Crippen LogP contribution in [0.4, 0.5) is 0 Å². The zero-order valence-electron chi connectivity index (χ0n) is 10.1. The molecule has 1 aromatic carbocycles. The van der Waals surface area contributed by atoms with Crippen LogP contribution in [0.15, 0.2) is 55.3 Å². The summed E-state index contributed by atoms with van der Waals surface area (Å²) in [5.41, 5.74) is 5.53. The molecule has 1 N–H and O–H groups in total. The van der Waals surface area contributed by atoms with Gasteiger partial charge >= 0.3 is 0 Å². The van der Waals surface area contributed by atoms with Crippen LogP contribution >= 0.6 is 0 Å². The first kappa shape index (κ1) is 12.5. The first-order chi connectivity index (χ1) is 7.65. The lowest BCUT2D eigenvalue weighted by atomic mass is 9.93. The Hall–Kier alpha value is -1.54. The van der Waals surface area contributed by atoms with Crippen LogP contribution < -0.4 is 5.43 Å². The molecule has 1 rings (SSSR count). The molecule has 0 saturated carbocycles. The lowest BCUT2D eigenvalue weighted by Crippen LogP contribution is -2.34. The Labute approximate surface area is 98.3 Å². The molecule has 0 spiro atoms. The maximum absolute atomic E-state index is 4.06. The van der Waals surface area contributed by atoms with E-state index < -0.39 is 0 Å². The highest BCUT2D eigenvalue weighted by atomic mass is 15.5. The van der Waals surface area contributed by atoms with Crippen LogP contribution in [0.2, 0.25) is 0 Å². The van der Waals surface area contributed by atoms with Crippen molar-refractivity contribution in [2.24, 2.45) is 0 Å². The van der Waals surface area contributed by atoms with Crippen molar-refractivity contribution < 1.29 is 0 Å². The quantitative estimate of drug-likeness (QED) is 0.581. The van der Waals surface area contributed by atoms with Gasteiger partial charge in [-0.1, -0.05) is 49.1 Å². The van der Waals surface area contributed by atoms with E-state index in [0.717, 1.165) is 6.54 Å². The predicted molar refractivity (Wildman–Crippen MR) is 70.0 cm³/mol. The Morgan fingerprint density at radius 2 is 2.06 bits per heavy atom. The highest BCUT2D eigenvalue weighted by molar-refractivity contribution is 5.27. The van der Waals surface area contributed by atoms with E-state index in [0.29, 0.717) is 5.92 Å². The fourth-order valence-corrected chi connectivity index (χ4v) is 1.71. The van der Waals surface area contributed by atoms with Gasteiger partial charge in [0.25, 0.3) is 0 Å². The number of nitrogens with one attached hydrogen (secondary N) is 1. The molecule has 0 heterocycles. The van der Waals surface area contributed by atoms with Crippen molar-refractivity contribution in [1.29, 1.82) is 0 Å². The standard InChI is InChI=1S/C14H20N2/c1-5-15-16(4)11-14(12(2)3)13-9-7-6-8-10-13/h5-10,14-15H,1-2,11H2,3-4H3/t14-/m1/s1. The van der Waals surface area contributed by atoms with Crippen molar-refractivity contribution in [3.05, 3.63) is 60.8 Å². The van der Waals surface area contributed by atoms with Crippen LogP contribution in [-0.4, -0.2) is 18.6 Å². The molecule has 0 radical (unpaired) electrons. The molecule has 1 atom stereocenters. The predicted octanol–water partition coefficient (Wildman–Crippen LogP) is 2.93. The second kappa shape index (κ2) is 6.13. The molecule has 1 aromatic rings. The molecule has 0 aliphatic carbocycles. The highest BCUT2D eigenvalue weighted by Gasteiger charge is 2.13. The van der Waals surface area contributed by atoms with E-state index in [1.54, 1.807) is 6.20 Å². The number of hydrazine groups is 1. The first-order valence-electron chi connectivity index (χ1n) is 5.43. The van der Waals surface area contributed by atoms with Crippen molar-refractivity contribution in [2.75, 3.05) is 13.6 Å². The molecule has 0 fully saturated rings. The van der Waals surface area contributed by atoms with E-state index in [1.807, 2.05) is 18.1 Å². The maximum atomic E-state index is 4.06. The maximum Gasteiger partial charge on any atom is 0.0281 e. The minimum absolute atomic E-state index is 0.346. The van der Waals surface area contributed by atoms with Crippen molar-refractivity contribution in [2.45, 2.75) is 12.8 Å². The van der Waals surface area contributed by atoms with E-state index in [-0.39, 0.29) is 0 Å². The van der Waals surface area contributed by atoms with Crippen molar-refractivity contribution in [3.8, 4) is 0 Å². The van der Waals surface area contributed by atoms with Gasteiger partial charge in [0, 0.05) is 25.7 Å². The van der Waals surface area contributed by atoms with E-state index in [9.17, 15) is 0 Å². The molecule has 2 heteroatoms. The lowest BCUT2D eigenvalue weighted by Gasteiger charge is -2.24. The van der Waals surface area contributed by atoms with Crippen LogP contribution in [0.25, 0.3) is 0 Å². The SMILES string of the molecule is C=CNN(C)C[C@H](C(=C)C)c1ccccc1. The highest BCUT2D eigenvalue weighted by Crippen LogP contribution is 2.22. The van der Waals surface area contributed by atoms with E-state index in [1.165, 1.54) is 11.1 Å². The second-order valence-corrected chi connectivity index (χ2v) is 4.02. The van der Waals surface area contributed by atoms with Crippen LogP contribution in [-0.2, 0) is 0 Å². The largest absolute Gasteiger partial charge is 0.327 e. The van der Waals surface area contributed by atoms with Gasteiger partial charge in [-0.3, -0.25) is 0 Å². The van der Waals surface area contributed by atoms with Crippen LogP contribution in [0.1, 0.15) is 18.4 Å². The molecular weight excluding hydrogens is 196 g/mol. The third kappa shape index (κ3) is 3.55. The Balaban J connectivity index is 2.76. The summed E-state index contributed by atoms with van der Waals surface area (Å²) in [6, 6.07) is 10.4. The smallest absolute Gasteiger partial charge is 0.0281 e. The molecule has 0 aliphatic rings. The Morgan fingerprint density at radius 1 is 1.44 bits per heavy atom. The zero-order valence-corrected chi connectivity index (χ0v) is 10.1. The van der Waals surface area contributed by atoms with Gasteiger partial charge in [-0.25, -0.2) is 5.01 Å². The summed E-state index contributed by atoms with van der Waals surface area (Å²) < 4.78 is 0. The van der Waals surface area contributed by atoms with Gasteiger partial charge in [-0.2, -0.15) is 0 Å². The van der Waals surface area contributed by atoms with Crippen molar-refractivity contribution >= 4 is 0 Å². The number of rotatable bonds is 6. The van der Waals surface area contributed by atoms with Gasteiger partial charge < -0.3 is 5.43 Å². The summed E-state index contributed by atoms with van der Waals surface area (Å²) in [4.78, 5) is 0. The number of hydrogen-bond acceptors (Lipinski definition) is 2.